The number of ether oxygens (including phenoxy) is 2. The van der Waals surface area contributed by atoms with E-state index in [1.54, 1.807) is 25.1 Å². The number of primary amides is 1. The molecule has 0 aliphatic rings. The molecule has 1 aromatic carbocycles. The molecule has 104 valence electrons. The highest BCUT2D eigenvalue weighted by atomic mass is 16.5. The van der Waals surface area contributed by atoms with Crippen molar-refractivity contribution in [3.8, 4) is 11.5 Å². The maximum Gasteiger partial charge on any atom is 0.251 e. The smallest absolute Gasteiger partial charge is 0.251 e. The van der Waals surface area contributed by atoms with Gasteiger partial charge in [0.05, 0.1) is 14.2 Å². The lowest BCUT2D eigenvalue weighted by atomic mass is 10.1. The van der Waals surface area contributed by atoms with Crippen LogP contribution < -0.4 is 20.5 Å². The number of benzene rings is 1. The average molecular weight is 266 g/mol. The van der Waals surface area contributed by atoms with E-state index in [2.05, 4.69) is 5.32 Å². The first-order valence-corrected chi connectivity index (χ1v) is 5.78. The Kier molecular flexibility index (Phi) is 5.17. The van der Waals surface area contributed by atoms with E-state index < -0.39 is 5.91 Å². The minimum atomic E-state index is -0.462. The van der Waals surface area contributed by atoms with Crippen LogP contribution in [0.5, 0.6) is 11.5 Å². The van der Waals surface area contributed by atoms with E-state index in [-0.39, 0.29) is 18.4 Å². The van der Waals surface area contributed by atoms with Gasteiger partial charge in [0.1, 0.15) is 11.5 Å². The first-order valence-electron chi connectivity index (χ1n) is 5.78. The summed E-state index contributed by atoms with van der Waals surface area (Å²) in [6.45, 7) is 1.71. The van der Waals surface area contributed by atoms with Crippen molar-refractivity contribution in [3.05, 3.63) is 23.8 Å². The number of carbonyl (C=O) groups is 2. The lowest BCUT2D eigenvalue weighted by Crippen LogP contribution is -2.35. The molecule has 1 atom stereocenters. The van der Waals surface area contributed by atoms with Crippen LogP contribution in [0.4, 0.5) is 0 Å². The van der Waals surface area contributed by atoms with Gasteiger partial charge < -0.3 is 20.5 Å². The Balaban J connectivity index is 2.83. The summed E-state index contributed by atoms with van der Waals surface area (Å²) >= 11 is 0. The van der Waals surface area contributed by atoms with Crippen molar-refractivity contribution in [2.45, 2.75) is 19.4 Å². The van der Waals surface area contributed by atoms with Crippen molar-refractivity contribution in [2.24, 2.45) is 5.73 Å². The van der Waals surface area contributed by atoms with Crippen molar-refractivity contribution in [3.63, 3.8) is 0 Å². The summed E-state index contributed by atoms with van der Waals surface area (Å²) in [5.41, 5.74) is 5.46. The minimum absolute atomic E-state index is 0.0901. The molecule has 0 saturated carbocycles. The Labute approximate surface area is 111 Å². The fraction of sp³-hybridized carbons (Fsp3) is 0.385. The number of hydrogen-bond acceptors (Lipinski definition) is 4. The largest absolute Gasteiger partial charge is 0.497 e. The van der Waals surface area contributed by atoms with Crippen molar-refractivity contribution in [2.75, 3.05) is 14.2 Å². The molecule has 0 aromatic heterocycles. The number of nitrogens with one attached hydrogen (secondary N) is 1. The highest BCUT2D eigenvalue weighted by molar-refractivity contribution is 5.95. The van der Waals surface area contributed by atoms with Gasteiger partial charge >= 0.3 is 0 Å². The molecule has 0 aliphatic heterocycles. The van der Waals surface area contributed by atoms with Crippen LogP contribution in [0.3, 0.4) is 0 Å². The Morgan fingerprint density at radius 1 is 1.21 bits per heavy atom. The molecular formula is C13H18N2O4. The zero-order valence-electron chi connectivity index (χ0n) is 11.2. The van der Waals surface area contributed by atoms with Crippen LogP contribution in [0.15, 0.2) is 18.2 Å². The summed E-state index contributed by atoms with van der Waals surface area (Å²) in [5, 5.41) is 2.68. The van der Waals surface area contributed by atoms with E-state index >= 15 is 0 Å². The highest BCUT2D eigenvalue weighted by Crippen LogP contribution is 2.22. The number of hydrogen-bond donors (Lipinski definition) is 2. The van der Waals surface area contributed by atoms with E-state index in [0.29, 0.717) is 17.1 Å². The van der Waals surface area contributed by atoms with Gasteiger partial charge in [-0.3, -0.25) is 9.59 Å². The van der Waals surface area contributed by atoms with E-state index in [0.717, 1.165) is 0 Å². The average Bonchev–Trinajstić information content (AvgIpc) is 2.36. The van der Waals surface area contributed by atoms with Gasteiger partial charge in [-0.05, 0) is 19.1 Å². The zero-order chi connectivity index (χ0) is 14.4. The summed E-state index contributed by atoms with van der Waals surface area (Å²) in [6.07, 6.45) is 0.0901. The van der Waals surface area contributed by atoms with Crippen molar-refractivity contribution < 1.29 is 19.1 Å². The molecule has 2 amide bonds. The van der Waals surface area contributed by atoms with E-state index in [9.17, 15) is 9.59 Å². The summed E-state index contributed by atoms with van der Waals surface area (Å²) in [5.74, 6) is 0.265. The van der Waals surface area contributed by atoms with Gasteiger partial charge in [-0.1, -0.05) is 0 Å². The lowest BCUT2D eigenvalue weighted by Gasteiger charge is -2.13. The molecule has 3 N–H and O–H groups in total. The van der Waals surface area contributed by atoms with Crippen LogP contribution in [-0.4, -0.2) is 32.1 Å². The Bertz CT molecular complexity index is 451. The molecule has 0 fully saturated rings. The molecule has 0 radical (unpaired) electrons. The fourth-order valence-electron chi connectivity index (χ4n) is 1.60. The lowest BCUT2D eigenvalue weighted by molar-refractivity contribution is -0.118. The SMILES string of the molecule is COc1cc(OC)cc(C(=O)NC(C)CC(N)=O)c1. The van der Waals surface area contributed by atoms with Crippen LogP contribution in [0.2, 0.25) is 0 Å². The predicted octanol–water partition coefficient (Wildman–Crippen LogP) is 0.697. The summed E-state index contributed by atoms with van der Waals surface area (Å²) in [7, 11) is 3.01. The molecule has 0 saturated heterocycles. The molecule has 1 rings (SSSR count). The van der Waals surface area contributed by atoms with Crippen LogP contribution in [0, 0.1) is 0 Å². The summed E-state index contributed by atoms with van der Waals surface area (Å²) in [4.78, 5) is 22.8. The topological polar surface area (TPSA) is 90.7 Å². The molecule has 19 heavy (non-hydrogen) atoms. The van der Waals surface area contributed by atoms with Gasteiger partial charge in [-0.2, -0.15) is 0 Å². The highest BCUT2D eigenvalue weighted by Gasteiger charge is 2.13. The molecule has 6 nitrogen and oxygen atoms in total. The molecule has 1 aromatic rings. The third kappa shape index (κ3) is 4.50. The van der Waals surface area contributed by atoms with Crippen LogP contribution >= 0.6 is 0 Å². The van der Waals surface area contributed by atoms with Gasteiger partial charge in [-0.25, -0.2) is 0 Å². The molecule has 6 heteroatoms. The van der Waals surface area contributed by atoms with Gasteiger partial charge in [-0.15, -0.1) is 0 Å². The fourth-order valence-corrected chi connectivity index (χ4v) is 1.60. The van der Waals surface area contributed by atoms with Gasteiger partial charge in [0, 0.05) is 24.1 Å². The van der Waals surface area contributed by atoms with Crippen LogP contribution in [0.1, 0.15) is 23.7 Å². The van der Waals surface area contributed by atoms with Crippen LogP contribution in [0.25, 0.3) is 0 Å². The first-order chi connectivity index (χ1) is 8.96. The van der Waals surface area contributed by atoms with Gasteiger partial charge in [0.25, 0.3) is 5.91 Å². The molecule has 0 bridgehead atoms. The molecule has 0 aliphatic carbocycles. The first kappa shape index (κ1) is 14.8. The van der Waals surface area contributed by atoms with Crippen LogP contribution in [-0.2, 0) is 4.79 Å². The van der Waals surface area contributed by atoms with Gasteiger partial charge in [0.15, 0.2) is 0 Å². The van der Waals surface area contributed by atoms with Gasteiger partial charge in [0.2, 0.25) is 5.91 Å². The number of nitrogens with two attached hydrogens (primary N) is 1. The molecular weight excluding hydrogens is 248 g/mol. The second-order valence-corrected chi connectivity index (χ2v) is 4.15. The Morgan fingerprint density at radius 2 is 1.74 bits per heavy atom. The van der Waals surface area contributed by atoms with E-state index in [4.69, 9.17) is 15.2 Å². The minimum Gasteiger partial charge on any atom is -0.497 e. The Morgan fingerprint density at radius 3 is 2.16 bits per heavy atom. The molecule has 1 unspecified atom stereocenters. The number of methoxy groups -OCH3 is 2. The summed E-state index contributed by atoms with van der Waals surface area (Å²) < 4.78 is 10.2. The molecule has 0 heterocycles. The Hall–Kier alpha value is -2.24. The zero-order valence-corrected chi connectivity index (χ0v) is 11.2. The number of amides is 2. The monoisotopic (exact) mass is 266 g/mol. The van der Waals surface area contributed by atoms with Crippen molar-refractivity contribution in [1.82, 2.24) is 5.32 Å². The van der Waals surface area contributed by atoms with E-state index in [1.807, 2.05) is 0 Å². The third-order valence-electron chi connectivity index (χ3n) is 2.50. The van der Waals surface area contributed by atoms with Crippen molar-refractivity contribution >= 4 is 11.8 Å². The molecule has 0 spiro atoms. The second kappa shape index (κ2) is 6.63. The quantitative estimate of drug-likeness (QED) is 0.793. The third-order valence-corrected chi connectivity index (χ3v) is 2.50. The van der Waals surface area contributed by atoms with Crippen molar-refractivity contribution in [1.29, 1.82) is 0 Å². The second-order valence-electron chi connectivity index (χ2n) is 4.15. The number of rotatable bonds is 6. The summed E-state index contributed by atoms with van der Waals surface area (Å²) in [6, 6.07) is 4.52. The maximum absolute atomic E-state index is 12.0. The standard InChI is InChI=1S/C13H18N2O4/c1-8(4-12(14)16)15-13(17)9-5-10(18-2)7-11(6-9)19-3/h5-8H,4H2,1-3H3,(H2,14,16)(H,15,17). The predicted molar refractivity (Wildman–Crippen MR) is 70.3 cm³/mol. The van der Waals surface area contributed by atoms with E-state index in [1.165, 1.54) is 14.2 Å². The normalized spacial score (nSPS) is 11.5. The number of carbonyl (C=O) groups excluding carboxylic acids is 2. The maximum atomic E-state index is 12.0.